The summed E-state index contributed by atoms with van der Waals surface area (Å²) in [5.41, 5.74) is 1.15. The van der Waals surface area contributed by atoms with E-state index in [1.165, 1.54) is 7.11 Å². The van der Waals surface area contributed by atoms with Crippen molar-refractivity contribution in [1.29, 1.82) is 0 Å². The van der Waals surface area contributed by atoms with E-state index in [1.54, 1.807) is 37.6 Å². The van der Waals surface area contributed by atoms with Crippen LogP contribution < -0.4 is 20.1 Å². The molecule has 8 heteroatoms. The van der Waals surface area contributed by atoms with Gasteiger partial charge in [-0.2, -0.15) is 0 Å². The lowest BCUT2D eigenvalue weighted by molar-refractivity contribution is 0.0951. The summed E-state index contributed by atoms with van der Waals surface area (Å²) in [5, 5.41) is 6.44. The maximum absolute atomic E-state index is 12.3. The Morgan fingerprint density at radius 2 is 1.92 bits per heavy atom. The summed E-state index contributed by atoms with van der Waals surface area (Å²) in [4.78, 5) is 18.5. The summed E-state index contributed by atoms with van der Waals surface area (Å²) < 4.78 is 10.6. The molecular weight excluding hydrogens is 356 g/mol. The Kier molecular flexibility index (Phi) is 7.06. The van der Waals surface area contributed by atoms with Crippen LogP contribution in [0.1, 0.15) is 10.4 Å². The smallest absolute Gasteiger partial charge is 0.251 e. The standard InChI is InChI=1S/C18H23ClN4O3/c1-23(2)8-7-21-18(24)12-5-6-20-17(9-12)22-14-11-15(25-3)13(19)10-16(14)26-4/h5-6,9-11H,7-8H2,1-4H3,(H,20,22)(H,21,24). The van der Waals surface area contributed by atoms with Crippen LogP contribution in [0.25, 0.3) is 0 Å². The van der Waals surface area contributed by atoms with Crippen LogP contribution in [-0.2, 0) is 0 Å². The summed E-state index contributed by atoms with van der Waals surface area (Å²) >= 11 is 6.12. The van der Waals surface area contributed by atoms with Gasteiger partial charge in [-0.1, -0.05) is 11.6 Å². The molecule has 0 radical (unpaired) electrons. The zero-order chi connectivity index (χ0) is 19.1. The van der Waals surface area contributed by atoms with Gasteiger partial charge in [0.05, 0.1) is 24.9 Å². The molecular formula is C18H23ClN4O3. The molecule has 2 N–H and O–H groups in total. The molecule has 0 unspecified atom stereocenters. The number of hydrogen-bond acceptors (Lipinski definition) is 6. The molecule has 1 amide bonds. The number of aromatic nitrogens is 1. The van der Waals surface area contributed by atoms with E-state index < -0.39 is 0 Å². The predicted octanol–water partition coefficient (Wildman–Crippen LogP) is 2.79. The highest BCUT2D eigenvalue weighted by Crippen LogP contribution is 2.37. The number of likely N-dealkylation sites (N-methyl/N-ethyl adjacent to an activating group) is 1. The molecule has 2 rings (SSSR count). The number of carbonyl (C=O) groups is 1. The molecule has 0 saturated heterocycles. The van der Waals surface area contributed by atoms with Gasteiger partial charge < -0.3 is 25.0 Å². The van der Waals surface area contributed by atoms with E-state index in [1.807, 2.05) is 19.0 Å². The van der Waals surface area contributed by atoms with Gasteiger partial charge in [0, 0.05) is 37.0 Å². The van der Waals surface area contributed by atoms with Crippen molar-refractivity contribution in [3.8, 4) is 11.5 Å². The minimum Gasteiger partial charge on any atom is -0.495 e. The number of nitrogens with one attached hydrogen (secondary N) is 2. The van der Waals surface area contributed by atoms with Crippen molar-refractivity contribution in [1.82, 2.24) is 15.2 Å². The van der Waals surface area contributed by atoms with Crippen molar-refractivity contribution in [3.63, 3.8) is 0 Å². The summed E-state index contributed by atoms with van der Waals surface area (Å²) in [5.74, 6) is 1.40. The van der Waals surface area contributed by atoms with Crippen LogP contribution >= 0.6 is 11.6 Å². The largest absolute Gasteiger partial charge is 0.495 e. The number of amides is 1. The van der Waals surface area contributed by atoms with Crippen molar-refractivity contribution < 1.29 is 14.3 Å². The number of benzene rings is 1. The number of nitrogens with zero attached hydrogens (tertiary/aromatic N) is 2. The maximum Gasteiger partial charge on any atom is 0.251 e. The zero-order valence-corrected chi connectivity index (χ0v) is 16.1. The molecule has 0 spiro atoms. The molecule has 0 aliphatic heterocycles. The SMILES string of the molecule is COc1cc(Nc2cc(C(=O)NCCN(C)C)ccn2)c(OC)cc1Cl. The van der Waals surface area contributed by atoms with Gasteiger partial charge in [0.1, 0.15) is 17.3 Å². The van der Waals surface area contributed by atoms with Crippen molar-refractivity contribution in [2.45, 2.75) is 0 Å². The summed E-state index contributed by atoms with van der Waals surface area (Å²) in [6.45, 7) is 1.34. The molecule has 26 heavy (non-hydrogen) atoms. The van der Waals surface area contributed by atoms with E-state index in [2.05, 4.69) is 15.6 Å². The molecule has 1 heterocycles. The molecule has 0 bridgehead atoms. The number of pyridine rings is 1. The molecule has 140 valence electrons. The van der Waals surface area contributed by atoms with E-state index in [4.69, 9.17) is 21.1 Å². The Hall–Kier alpha value is -2.51. The lowest BCUT2D eigenvalue weighted by atomic mass is 10.2. The van der Waals surface area contributed by atoms with E-state index in [0.29, 0.717) is 40.1 Å². The second-order valence-electron chi connectivity index (χ2n) is 5.80. The second kappa shape index (κ2) is 9.26. The monoisotopic (exact) mass is 378 g/mol. The fourth-order valence-corrected chi connectivity index (χ4v) is 2.46. The average molecular weight is 379 g/mol. The Morgan fingerprint density at radius 1 is 1.19 bits per heavy atom. The van der Waals surface area contributed by atoms with Gasteiger partial charge in [-0.25, -0.2) is 4.98 Å². The normalized spacial score (nSPS) is 10.5. The lowest BCUT2D eigenvalue weighted by Crippen LogP contribution is -2.31. The van der Waals surface area contributed by atoms with Crippen LogP contribution in [-0.4, -0.2) is 57.2 Å². The van der Waals surface area contributed by atoms with Gasteiger partial charge in [-0.05, 0) is 26.2 Å². The molecule has 0 atom stereocenters. The fourth-order valence-electron chi connectivity index (χ4n) is 2.23. The Labute approximate surface area is 158 Å². The summed E-state index contributed by atoms with van der Waals surface area (Å²) in [6, 6.07) is 6.70. The second-order valence-corrected chi connectivity index (χ2v) is 6.21. The number of ether oxygens (including phenoxy) is 2. The van der Waals surface area contributed by atoms with Crippen LogP contribution in [0.15, 0.2) is 30.5 Å². The molecule has 0 aliphatic carbocycles. The van der Waals surface area contributed by atoms with Gasteiger partial charge in [-0.3, -0.25) is 4.79 Å². The molecule has 0 aliphatic rings. The first kappa shape index (κ1) is 19.8. The molecule has 1 aromatic carbocycles. The fraction of sp³-hybridized carbons (Fsp3) is 0.333. The number of halogens is 1. The number of methoxy groups -OCH3 is 2. The van der Waals surface area contributed by atoms with Gasteiger partial charge in [-0.15, -0.1) is 0 Å². The van der Waals surface area contributed by atoms with E-state index >= 15 is 0 Å². The van der Waals surface area contributed by atoms with E-state index in [9.17, 15) is 4.79 Å². The molecule has 2 aromatic rings. The van der Waals surface area contributed by atoms with Crippen LogP contribution in [0, 0.1) is 0 Å². The third kappa shape index (κ3) is 5.24. The Balaban J connectivity index is 2.17. The third-order valence-electron chi connectivity index (χ3n) is 3.60. The van der Waals surface area contributed by atoms with Gasteiger partial charge in [0.2, 0.25) is 0 Å². The molecule has 0 saturated carbocycles. The summed E-state index contributed by atoms with van der Waals surface area (Å²) in [7, 11) is 6.99. The first-order valence-corrected chi connectivity index (χ1v) is 8.40. The quantitative estimate of drug-likeness (QED) is 0.735. The Morgan fingerprint density at radius 3 is 2.58 bits per heavy atom. The van der Waals surface area contributed by atoms with Gasteiger partial charge >= 0.3 is 0 Å². The Bertz CT molecular complexity index is 768. The van der Waals surface area contributed by atoms with Crippen molar-refractivity contribution >= 4 is 29.0 Å². The molecule has 0 fully saturated rings. The minimum absolute atomic E-state index is 0.155. The van der Waals surface area contributed by atoms with Crippen LogP contribution in [0.5, 0.6) is 11.5 Å². The molecule has 1 aromatic heterocycles. The summed E-state index contributed by atoms with van der Waals surface area (Å²) in [6.07, 6.45) is 1.57. The highest BCUT2D eigenvalue weighted by Gasteiger charge is 2.12. The van der Waals surface area contributed by atoms with Crippen molar-refractivity contribution in [2.24, 2.45) is 0 Å². The number of hydrogen-bond donors (Lipinski definition) is 2. The van der Waals surface area contributed by atoms with Crippen LogP contribution in [0.3, 0.4) is 0 Å². The van der Waals surface area contributed by atoms with Crippen LogP contribution in [0.2, 0.25) is 5.02 Å². The van der Waals surface area contributed by atoms with Crippen molar-refractivity contribution in [3.05, 3.63) is 41.0 Å². The maximum atomic E-state index is 12.3. The van der Waals surface area contributed by atoms with E-state index in [0.717, 1.165) is 6.54 Å². The molecule has 7 nitrogen and oxygen atoms in total. The van der Waals surface area contributed by atoms with Crippen LogP contribution in [0.4, 0.5) is 11.5 Å². The van der Waals surface area contributed by atoms with Gasteiger partial charge in [0.15, 0.2) is 0 Å². The van der Waals surface area contributed by atoms with Gasteiger partial charge in [0.25, 0.3) is 5.91 Å². The first-order chi connectivity index (χ1) is 12.4. The van der Waals surface area contributed by atoms with Crippen molar-refractivity contribution in [2.75, 3.05) is 46.7 Å². The number of anilines is 2. The minimum atomic E-state index is -0.155. The zero-order valence-electron chi connectivity index (χ0n) is 15.3. The topological polar surface area (TPSA) is 75.7 Å². The lowest BCUT2D eigenvalue weighted by Gasteiger charge is -2.14. The number of rotatable bonds is 8. The third-order valence-corrected chi connectivity index (χ3v) is 3.90. The average Bonchev–Trinajstić information content (AvgIpc) is 2.62. The highest BCUT2D eigenvalue weighted by atomic mass is 35.5. The van der Waals surface area contributed by atoms with E-state index in [-0.39, 0.29) is 5.91 Å². The predicted molar refractivity (Wildman–Crippen MR) is 103 cm³/mol. The first-order valence-electron chi connectivity index (χ1n) is 8.02. The number of carbonyl (C=O) groups excluding carboxylic acids is 1. The highest BCUT2D eigenvalue weighted by molar-refractivity contribution is 6.32.